The van der Waals surface area contributed by atoms with E-state index in [9.17, 15) is 9.59 Å². The maximum absolute atomic E-state index is 13.7. The third kappa shape index (κ3) is 4.47. The number of benzene rings is 2. The van der Waals surface area contributed by atoms with Crippen LogP contribution in [0.4, 0.5) is 0 Å². The fraction of sp³-hybridized carbons (Fsp3) is 0.207. The van der Waals surface area contributed by atoms with Gasteiger partial charge in [0.2, 0.25) is 0 Å². The van der Waals surface area contributed by atoms with Gasteiger partial charge in [-0.1, -0.05) is 18.2 Å². The molecular weight excluding hydrogens is 470 g/mol. The molecule has 0 N–H and O–H groups in total. The highest BCUT2D eigenvalue weighted by Gasteiger charge is 2.25. The Hall–Kier alpha value is -4.43. The molecule has 1 saturated heterocycles. The highest BCUT2D eigenvalue weighted by molar-refractivity contribution is 6.07. The highest BCUT2D eigenvalue weighted by Crippen LogP contribution is 2.27. The van der Waals surface area contributed by atoms with E-state index in [-0.39, 0.29) is 11.5 Å². The van der Waals surface area contributed by atoms with Crippen LogP contribution in [-0.2, 0) is 6.54 Å². The lowest BCUT2D eigenvalue weighted by atomic mass is 10.0. The zero-order valence-corrected chi connectivity index (χ0v) is 20.3. The molecule has 37 heavy (non-hydrogen) atoms. The molecule has 6 rings (SSSR count). The Morgan fingerprint density at radius 2 is 1.81 bits per heavy atom. The number of para-hydroxylation sites is 1. The third-order valence-corrected chi connectivity index (χ3v) is 6.81. The van der Waals surface area contributed by atoms with Crippen LogP contribution in [0.25, 0.3) is 33.3 Å². The number of ether oxygens (including phenoxy) is 1. The number of aromatic nitrogens is 1. The minimum absolute atomic E-state index is 0.0263. The summed E-state index contributed by atoms with van der Waals surface area (Å²) >= 11 is 0. The number of carbonyl (C=O) groups excluding carboxylic acids is 1. The fourth-order valence-electron chi connectivity index (χ4n) is 4.89. The Morgan fingerprint density at radius 3 is 2.59 bits per heavy atom. The van der Waals surface area contributed by atoms with E-state index in [0.29, 0.717) is 61.1 Å². The number of rotatable bonds is 5. The molecule has 5 aromatic rings. The van der Waals surface area contributed by atoms with Crippen molar-refractivity contribution in [1.29, 1.82) is 0 Å². The van der Waals surface area contributed by atoms with Crippen molar-refractivity contribution >= 4 is 27.8 Å². The molecule has 1 aliphatic rings. The molecule has 1 fully saturated rings. The predicted molar refractivity (Wildman–Crippen MR) is 140 cm³/mol. The molecule has 1 amide bonds. The van der Waals surface area contributed by atoms with Crippen LogP contribution < -0.4 is 10.4 Å². The molecule has 186 valence electrons. The molecule has 2 aromatic carbocycles. The molecule has 8 nitrogen and oxygen atoms in total. The second-order valence-electron chi connectivity index (χ2n) is 9.07. The van der Waals surface area contributed by atoms with Crippen molar-refractivity contribution in [2.24, 2.45) is 0 Å². The summed E-state index contributed by atoms with van der Waals surface area (Å²) in [5.41, 5.74) is 3.05. The number of pyridine rings is 1. The molecule has 0 atom stereocenters. The summed E-state index contributed by atoms with van der Waals surface area (Å²) in [6, 6.07) is 20.1. The predicted octanol–water partition coefficient (Wildman–Crippen LogP) is 4.57. The van der Waals surface area contributed by atoms with Crippen LogP contribution in [0.2, 0.25) is 0 Å². The average Bonchev–Trinajstić information content (AvgIpc) is 3.47. The molecule has 8 heteroatoms. The summed E-state index contributed by atoms with van der Waals surface area (Å²) < 4.78 is 16.3. The van der Waals surface area contributed by atoms with Crippen LogP contribution in [0.1, 0.15) is 15.9 Å². The van der Waals surface area contributed by atoms with E-state index in [2.05, 4.69) is 4.90 Å². The van der Waals surface area contributed by atoms with Crippen molar-refractivity contribution in [3.05, 3.63) is 94.5 Å². The van der Waals surface area contributed by atoms with E-state index in [1.54, 1.807) is 31.6 Å². The van der Waals surface area contributed by atoms with Crippen molar-refractivity contribution in [3.8, 4) is 17.2 Å². The largest absolute Gasteiger partial charge is 0.497 e. The van der Waals surface area contributed by atoms with Crippen LogP contribution >= 0.6 is 0 Å². The first-order chi connectivity index (χ1) is 18.1. The van der Waals surface area contributed by atoms with Crippen molar-refractivity contribution in [3.63, 3.8) is 0 Å². The van der Waals surface area contributed by atoms with Gasteiger partial charge in [-0.2, -0.15) is 0 Å². The molecule has 0 bridgehead atoms. The number of hydrogen-bond acceptors (Lipinski definition) is 7. The molecule has 0 radical (unpaired) electrons. The van der Waals surface area contributed by atoms with Gasteiger partial charge >= 0.3 is 5.63 Å². The Balaban J connectivity index is 1.23. The normalized spacial score (nSPS) is 14.4. The monoisotopic (exact) mass is 495 g/mol. The number of piperazine rings is 1. The molecule has 0 saturated carbocycles. The molecule has 0 aliphatic carbocycles. The topological polar surface area (TPSA) is 89.0 Å². The minimum atomic E-state index is -0.376. The first kappa shape index (κ1) is 23.0. The second-order valence-corrected chi connectivity index (χ2v) is 9.07. The van der Waals surface area contributed by atoms with Crippen molar-refractivity contribution < 1.29 is 18.4 Å². The van der Waals surface area contributed by atoms with E-state index >= 15 is 0 Å². The zero-order chi connectivity index (χ0) is 25.4. The summed E-state index contributed by atoms with van der Waals surface area (Å²) in [4.78, 5) is 34.6. The van der Waals surface area contributed by atoms with Gasteiger partial charge in [0.1, 0.15) is 17.0 Å². The van der Waals surface area contributed by atoms with E-state index in [4.69, 9.17) is 18.6 Å². The van der Waals surface area contributed by atoms with Gasteiger partial charge in [-0.25, -0.2) is 9.78 Å². The molecule has 0 unspecified atom stereocenters. The average molecular weight is 496 g/mol. The number of fused-ring (bicyclic) bond motifs is 2. The molecule has 3 aromatic heterocycles. The van der Waals surface area contributed by atoms with Crippen molar-refractivity contribution in [2.45, 2.75) is 6.54 Å². The molecule has 1 aliphatic heterocycles. The van der Waals surface area contributed by atoms with Gasteiger partial charge in [-0.05, 0) is 48.0 Å². The lowest BCUT2D eigenvalue weighted by molar-refractivity contribution is 0.0630. The first-order valence-electron chi connectivity index (χ1n) is 12.1. The lowest BCUT2D eigenvalue weighted by Crippen LogP contribution is -2.48. The first-order valence-corrected chi connectivity index (χ1v) is 12.1. The van der Waals surface area contributed by atoms with E-state index in [0.717, 1.165) is 21.9 Å². The standard InChI is InChI=1S/C29H25N3O5/c1-35-20-8-9-26-22(16-20)19(15-28(33)37-26)18-31-10-12-32(13-11-31)29(34)23-17-25(27-7-4-14-36-27)30-24-6-3-2-5-21(23)24/h2-9,14-17H,10-13,18H2,1H3. The van der Waals surface area contributed by atoms with Crippen LogP contribution in [0.3, 0.4) is 0 Å². The summed E-state index contributed by atoms with van der Waals surface area (Å²) in [5, 5.41) is 1.67. The summed E-state index contributed by atoms with van der Waals surface area (Å²) in [5.74, 6) is 1.30. The summed E-state index contributed by atoms with van der Waals surface area (Å²) in [6.45, 7) is 3.11. The minimum Gasteiger partial charge on any atom is -0.497 e. The third-order valence-electron chi connectivity index (χ3n) is 6.81. The Morgan fingerprint density at radius 1 is 0.973 bits per heavy atom. The molecule has 4 heterocycles. The zero-order valence-electron chi connectivity index (χ0n) is 20.3. The Labute approximate surface area is 212 Å². The number of furan rings is 1. The van der Waals surface area contributed by atoms with E-state index in [1.165, 1.54) is 0 Å². The SMILES string of the molecule is COc1ccc2oc(=O)cc(CN3CCN(C(=O)c4cc(-c5ccco5)nc5ccccc45)CC3)c2c1. The highest BCUT2D eigenvalue weighted by atomic mass is 16.5. The number of hydrogen-bond donors (Lipinski definition) is 0. The van der Waals surface area contributed by atoms with Crippen molar-refractivity contribution in [1.82, 2.24) is 14.8 Å². The molecular formula is C29H25N3O5. The maximum atomic E-state index is 13.7. The fourth-order valence-corrected chi connectivity index (χ4v) is 4.89. The quantitative estimate of drug-likeness (QED) is 0.330. The van der Waals surface area contributed by atoms with Gasteiger partial charge in [0.15, 0.2) is 5.76 Å². The number of carbonyl (C=O) groups is 1. The van der Waals surface area contributed by atoms with Gasteiger partial charge in [-0.15, -0.1) is 0 Å². The second kappa shape index (κ2) is 9.55. The van der Waals surface area contributed by atoms with Gasteiger partial charge in [0, 0.05) is 49.6 Å². The summed E-state index contributed by atoms with van der Waals surface area (Å²) in [6.07, 6.45) is 1.60. The number of nitrogens with zero attached hydrogens (tertiary/aromatic N) is 3. The summed E-state index contributed by atoms with van der Waals surface area (Å²) in [7, 11) is 1.61. The Bertz CT molecular complexity index is 1650. The smallest absolute Gasteiger partial charge is 0.336 e. The number of methoxy groups -OCH3 is 1. The van der Waals surface area contributed by atoms with Crippen LogP contribution in [0.5, 0.6) is 5.75 Å². The van der Waals surface area contributed by atoms with E-state index in [1.807, 2.05) is 53.4 Å². The van der Waals surface area contributed by atoms with Gasteiger partial charge in [0.25, 0.3) is 5.91 Å². The van der Waals surface area contributed by atoms with Gasteiger partial charge in [0.05, 0.1) is 24.5 Å². The van der Waals surface area contributed by atoms with Crippen LogP contribution in [0.15, 0.2) is 86.6 Å². The lowest BCUT2D eigenvalue weighted by Gasteiger charge is -2.35. The van der Waals surface area contributed by atoms with Crippen LogP contribution in [0, 0.1) is 0 Å². The van der Waals surface area contributed by atoms with Crippen molar-refractivity contribution in [2.75, 3.05) is 33.3 Å². The van der Waals surface area contributed by atoms with E-state index < -0.39 is 0 Å². The van der Waals surface area contributed by atoms with Gasteiger partial charge in [-0.3, -0.25) is 9.69 Å². The maximum Gasteiger partial charge on any atom is 0.336 e. The number of amides is 1. The van der Waals surface area contributed by atoms with Gasteiger partial charge < -0.3 is 18.5 Å². The van der Waals surface area contributed by atoms with Crippen LogP contribution in [-0.4, -0.2) is 54.0 Å². The molecule has 0 spiro atoms. The Kier molecular flexibility index (Phi) is 5.94.